The number of carbonyl (C=O) groups is 1. The van der Waals surface area contributed by atoms with Gasteiger partial charge in [0.1, 0.15) is 12.2 Å². The Bertz CT molecular complexity index is 488. The number of hydrogen-bond acceptors (Lipinski definition) is 3. The van der Waals surface area contributed by atoms with Gasteiger partial charge in [-0.3, -0.25) is 0 Å². The van der Waals surface area contributed by atoms with E-state index in [4.69, 9.17) is 11.3 Å². The van der Waals surface area contributed by atoms with Gasteiger partial charge in [0.2, 0.25) is 6.54 Å². The summed E-state index contributed by atoms with van der Waals surface area (Å²) < 4.78 is 5.24. The number of benzene rings is 1. The lowest BCUT2D eigenvalue weighted by molar-refractivity contribution is -0.00882. The van der Waals surface area contributed by atoms with E-state index in [1.54, 1.807) is 4.90 Å². The zero-order valence-electron chi connectivity index (χ0n) is 11.3. The molecule has 1 aromatic rings. The molecule has 1 N–H and O–H groups in total. The fourth-order valence-corrected chi connectivity index (χ4v) is 2.22. The summed E-state index contributed by atoms with van der Waals surface area (Å²) in [6, 6.07) is 9.51. The molecule has 20 heavy (non-hydrogen) atoms. The predicted molar refractivity (Wildman–Crippen MR) is 73.9 cm³/mol. The van der Waals surface area contributed by atoms with Gasteiger partial charge in [-0.05, 0) is 5.56 Å². The molecule has 106 valence electrons. The number of hydrogen-bond donors (Lipinski definition) is 1. The zero-order chi connectivity index (χ0) is 14.4. The second-order valence-electron chi connectivity index (χ2n) is 5.07. The minimum atomic E-state index is -0.946. The van der Waals surface area contributed by atoms with Crippen molar-refractivity contribution in [1.82, 2.24) is 4.90 Å². The molecular weight excluding hydrogens is 256 g/mol. The lowest BCUT2D eigenvalue weighted by Crippen LogP contribution is -2.48. The fourth-order valence-electron chi connectivity index (χ4n) is 2.22. The first-order valence-electron chi connectivity index (χ1n) is 6.64. The summed E-state index contributed by atoms with van der Waals surface area (Å²) >= 11 is 0. The molecule has 1 amide bonds. The third-order valence-electron chi connectivity index (χ3n) is 3.53. The van der Waals surface area contributed by atoms with E-state index in [0.717, 1.165) is 5.56 Å². The zero-order valence-corrected chi connectivity index (χ0v) is 11.3. The van der Waals surface area contributed by atoms with Crippen molar-refractivity contribution in [3.63, 3.8) is 0 Å². The molecule has 0 saturated carbocycles. The van der Waals surface area contributed by atoms with Gasteiger partial charge in [0, 0.05) is 25.9 Å². The standard InChI is InChI=1S/C15H18N2O3/c1-16-12-15(19)7-9-17(10-8-15)14(18)20-11-13-5-3-2-4-6-13/h2-6,19H,7-12H2. The molecule has 0 spiro atoms. The number of nitrogens with zero attached hydrogens (tertiary/aromatic N) is 2. The van der Waals surface area contributed by atoms with Gasteiger partial charge in [0.05, 0.1) is 0 Å². The Morgan fingerprint density at radius 2 is 2.00 bits per heavy atom. The second kappa shape index (κ2) is 6.40. The van der Waals surface area contributed by atoms with E-state index in [0.29, 0.717) is 25.9 Å². The number of likely N-dealkylation sites (tertiary alicyclic amines) is 1. The Morgan fingerprint density at radius 1 is 1.35 bits per heavy atom. The van der Waals surface area contributed by atoms with E-state index < -0.39 is 5.60 Å². The van der Waals surface area contributed by atoms with Gasteiger partial charge in [-0.1, -0.05) is 30.3 Å². The molecule has 1 aliphatic heterocycles. The van der Waals surface area contributed by atoms with Gasteiger partial charge in [0.25, 0.3) is 0 Å². The highest BCUT2D eigenvalue weighted by Crippen LogP contribution is 2.23. The Hall–Kier alpha value is -2.06. The minimum Gasteiger partial charge on any atom is -0.445 e. The normalized spacial score (nSPS) is 17.3. The molecule has 1 fully saturated rings. The maximum atomic E-state index is 11.9. The Morgan fingerprint density at radius 3 is 2.60 bits per heavy atom. The third-order valence-corrected chi connectivity index (χ3v) is 3.53. The highest BCUT2D eigenvalue weighted by atomic mass is 16.6. The van der Waals surface area contributed by atoms with Crippen molar-refractivity contribution in [2.75, 3.05) is 19.6 Å². The van der Waals surface area contributed by atoms with E-state index >= 15 is 0 Å². The smallest absolute Gasteiger partial charge is 0.410 e. The predicted octanol–water partition coefficient (Wildman–Crippen LogP) is 2.07. The molecule has 1 saturated heterocycles. The highest BCUT2D eigenvalue weighted by molar-refractivity contribution is 5.67. The van der Waals surface area contributed by atoms with Crippen molar-refractivity contribution >= 4 is 6.09 Å². The molecule has 0 bridgehead atoms. The van der Waals surface area contributed by atoms with Crippen LogP contribution >= 0.6 is 0 Å². The van der Waals surface area contributed by atoms with Crippen molar-refractivity contribution in [2.24, 2.45) is 0 Å². The number of carbonyl (C=O) groups excluding carboxylic acids is 1. The van der Waals surface area contributed by atoms with E-state index in [9.17, 15) is 9.90 Å². The third kappa shape index (κ3) is 3.72. The lowest BCUT2D eigenvalue weighted by atomic mass is 9.92. The number of ether oxygens (including phenoxy) is 1. The van der Waals surface area contributed by atoms with Gasteiger partial charge < -0.3 is 19.6 Å². The van der Waals surface area contributed by atoms with Crippen LogP contribution in [0.2, 0.25) is 0 Å². The molecule has 5 nitrogen and oxygen atoms in total. The van der Waals surface area contributed by atoms with Crippen molar-refractivity contribution in [3.05, 3.63) is 47.3 Å². The minimum absolute atomic E-state index is 0.0971. The van der Waals surface area contributed by atoms with Crippen molar-refractivity contribution in [1.29, 1.82) is 0 Å². The SMILES string of the molecule is [C-]#[N+]CC1(O)CCN(C(=O)OCc2ccccc2)CC1. The Labute approximate surface area is 118 Å². The summed E-state index contributed by atoms with van der Waals surface area (Å²) in [5.41, 5.74) is 0.000171. The molecule has 1 heterocycles. The van der Waals surface area contributed by atoms with Gasteiger partial charge in [-0.2, -0.15) is 0 Å². The second-order valence-corrected chi connectivity index (χ2v) is 5.07. The topological polar surface area (TPSA) is 54.1 Å². The molecule has 2 rings (SSSR count). The molecular formula is C15H18N2O3. The van der Waals surface area contributed by atoms with Crippen molar-refractivity contribution < 1.29 is 14.6 Å². The maximum absolute atomic E-state index is 11.9. The molecule has 0 unspecified atom stereocenters. The van der Waals surface area contributed by atoms with Crippen molar-refractivity contribution in [2.45, 2.75) is 25.0 Å². The van der Waals surface area contributed by atoms with Crippen LogP contribution in [0.25, 0.3) is 4.85 Å². The molecule has 0 aromatic heterocycles. The summed E-state index contributed by atoms with van der Waals surface area (Å²) in [5.74, 6) is 0. The highest BCUT2D eigenvalue weighted by Gasteiger charge is 2.37. The average Bonchev–Trinajstić information content (AvgIpc) is 2.47. The largest absolute Gasteiger partial charge is 0.445 e. The first kappa shape index (κ1) is 14.4. The van der Waals surface area contributed by atoms with Crippen LogP contribution in [-0.4, -0.2) is 41.3 Å². The molecule has 1 aromatic carbocycles. The monoisotopic (exact) mass is 274 g/mol. The average molecular weight is 274 g/mol. The van der Waals surface area contributed by atoms with Gasteiger partial charge >= 0.3 is 6.09 Å². The quantitative estimate of drug-likeness (QED) is 0.858. The van der Waals surface area contributed by atoms with Crippen LogP contribution in [0.5, 0.6) is 0 Å². The Kier molecular flexibility index (Phi) is 4.59. The van der Waals surface area contributed by atoms with Gasteiger partial charge in [-0.25, -0.2) is 11.4 Å². The molecule has 0 radical (unpaired) electrons. The summed E-state index contributed by atoms with van der Waals surface area (Å²) in [6.07, 6.45) is 0.491. The van der Waals surface area contributed by atoms with E-state index in [1.165, 1.54) is 0 Å². The van der Waals surface area contributed by atoms with Crippen LogP contribution in [0, 0.1) is 6.57 Å². The van der Waals surface area contributed by atoms with E-state index in [2.05, 4.69) is 4.85 Å². The number of amides is 1. The van der Waals surface area contributed by atoms with E-state index in [-0.39, 0.29) is 19.2 Å². The maximum Gasteiger partial charge on any atom is 0.410 e. The van der Waals surface area contributed by atoms with Crippen LogP contribution in [0.3, 0.4) is 0 Å². The van der Waals surface area contributed by atoms with Gasteiger partial charge in [0.15, 0.2) is 0 Å². The lowest BCUT2D eigenvalue weighted by Gasteiger charge is -2.34. The molecule has 0 atom stereocenters. The number of aliphatic hydroxyl groups is 1. The van der Waals surface area contributed by atoms with E-state index in [1.807, 2.05) is 30.3 Å². The van der Waals surface area contributed by atoms with Crippen LogP contribution in [-0.2, 0) is 11.3 Å². The fraction of sp³-hybridized carbons (Fsp3) is 0.467. The van der Waals surface area contributed by atoms with Crippen molar-refractivity contribution in [3.8, 4) is 0 Å². The molecule has 1 aliphatic rings. The summed E-state index contributed by atoms with van der Waals surface area (Å²) in [6.45, 7) is 8.03. The van der Waals surface area contributed by atoms with Gasteiger partial charge in [-0.15, -0.1) is 0 Å². The number of rotatable bonds is 3. The van der Waals surface area contributed by atoms with Crippen LogP contribution in [0.15, 0.2) is 30.3 Å². The summed E-state index contributed by atoms with van der Waals surface area (Å²) in [5, 5.41) is 10.1. The molecule has 5 heteroatoms. The van der Waals surface area contributed by atoms with Crippen LogP contribution in [0.4, 0.5) is 4.79 Å². The first-order chi connectivity index (χ1) is 9.63. The summed E-state index contributed by atoms with van der Waals surface area (Å²) in [4.78, 5) is 16.7. The Balaban J connectivity index is 1.79. The summed E-state index contributed by atoms with van der Waals surface area (Å²) in [7, 11) is 0. The molecule has 0 aliphatic carbocycles. The van der Waals surface area contributed by atoms with Crippen LogP contribution in [0.1, 0.15) is 18.4 Å². The van der Waals surface area contributed by atoms with Crippen LogP contribution < -0.4 is 0 Å². The number of piperidine rings is 1. The first-order valence-corrected chi connectivity index (χ1v) is 6.64.